The lowest BCUT2D eigenvalue weighted by atomic mass is 10.1. The van der Waals surface area contributed by atoms with Crippen molar-refractivity contribution in [1.82, 2.24) is 9.78 Å². The molecule has 0 spiro atoms. The summed E-state index contributed by atoms with van der Waals surface area (Å²) < 4.78 is 6.93. The van der Waals surface area contributed by atoms with Gasteiger partial charge in [-0.15, -0.1) is 0 Å². The van der Waals surface area contributed by atoms with Crippen molar-refractivity contribution >= 4 is 17.3 Å². The van der Waals surface area contributed by atoms with Crippen molar-refractivity contribution in [3.05, 3.63) is 21.6 Å². The summed E-state index contributed by atoms with van der Waals surface area (Å²) in [7, 11) is 0. The van der Waals surface area contributed by atoms with E-state index in [1.165, 1.54) is 4.68 Å². The second-order valence-electron chi connectivity index (χ2n) is 4.48. The highest BCUT2D eigenvalue weighted by Gasteiger charge is 2.23. The molecule has 1 saturated heterocycles. The van der Waals surface area contributed by atoms with Crippen LogP contribution in [-0.4, -0.2) is 28.5 Å². The molecule has 6 heteroatoms. The Morgan fingerprint density at radius 2 is 2.50 bits per heavy atom. The summed E-state index contributed by atoms with van der Waals surface area (Å²) in [6.07, 6.45) is 3.89. The second-order valence-corrected chi connectivity index (χ2v) is 4.86. The number of halogens is 1. The number of rotatable bonds is 4. The van der Waals surface area contributed by atoms with E-state index in [1.54, 1.807) is 6.20 Å². The van der Waals surface area contributed by atoms with Gasteiger partial charge in [-0.25, -0.2) is 4.68 Å². The Morgan fingerprint density at radius 1 is 1.72 bits per heavy atom. The molecule has 100 valence electrons. The number of hydrogen-bond acceptors (Lipinski definition) is 4. The summed E-state index contributed by atoms with van der Waals surface area (Å²) in [5.74, 6) is 0. The number of aromatic nitrogens is 2. The molecule has 0 amide bonds. The Bertz CT molecular complexity index is 469. The first-order valence-electron chi connectivity index (χ1n) is 6.27. The zero-order valence-corrected chi connectivity index (χ0v) is 11.4. The van der Waals surface area contributed by atoms with Crippen LogP contribution in [0.3, 0.4) is 0 Å². The summed E-state index contributed by atoms with van der Waals surface area (Å²) >= 11 is 6.05. The Labute approximate surface area is 111 Å². The minimum atomic E-state index is -0.260. The molecule has 1 aromatic heterocycles. The minimum Gasteiger partial charge on any atom is -0.377 e. The van der Waals surface area contributed by atoms with Crippen LogP contribution in [-0.2, 0) is 11.3 Å². The highest BCUT2D eigenvalue weighted by atomic mass is 35.5. The van der Waals surface area contributed by atoms with E-state index in [2.05, 4.69) is 10.4 Å². The van der Waals surface area contributed by atoms with Crippen LogP contribution in [0.1, 0.15) is 26.7 Å². The van der Waals surface area contributed by atoms with Gasteiger partial charge in [-0.1, -0.05) is 11.6 Å². The molecule has 2 heterocycles. The Balaban J connectivity index is 2.14. The molecule has 0 radical (unpaired) electrons. The van der Waals surface area contributed by atoms with E-state index in [4.69, 9.17) is 16.3 Å². The van der Waals surface area contributed by atoms with Gasteiger partial charge in [0, 0.05) is 19.2 Å². The number of aryl methyl sites for hydroxylation is 1. The second kappa shape index (κ2) is 5.71. The maximum absolute atomic E-state index is 11.8. The van der Waals surface area contributed by atoms with Crippen molar-refractivity contribution in [2.45, 2.75) is 45.4 Å². The number of nitrogens with zero attached hydrogens (tertiary/aromatic N) is 2. The molecule has 1 N–H and O–H groups in total. The molecule has 0 saturated carbocycles. The number of ether oxygens (including phenoxy) is 1. The van der Waals surface area contributed by atoms with E-state index in [0.717, 1.165) is 19.4 Å². The van der Waals surface area contributed by atoms with Crippen LogP contribution in [0, 0.1) is 0 Å². The zero-order valence-electron chi connectivity index (χ0n) is 10.6. The maximum atomic E-state index is 11.8. The Hall–Kier alpha value is -1.07. The van der Waals surface area contributed by atoms with E-state index in [0.29, 0.717) is 12.2 Å². The lowest BCUT2D eigenvalue weighted by Gasteiger charge is -2.21. The standard InChI is InChI=1S/C12H18ClN3O2/c1-3-16-12(17)11(13)9(7-14-16)15-8(2)10-5-4-6-18-10/h7-8,10,15H,3-6H2,1-2H3. The predicted octanol–water partition coefficient (Wildman–Crippen LogP) is 1.90. The first kappa shape index (κ1) is 13.4. The monoisotopic (exact) mass is 271 g/mol. The fourth-order valence-electron chi connectivity index (χ4n) is 2.13. The van der Waals surface area contributed by atoms with Gasteiger partial charge in [0.2, 0.25) is 0 Å². The molecule has 0 aromatic carbocycles. The van der Waals surface area contributed by atoms with Crippen LogP contribution in [0.25, 0.3) is 0 Å². The molecular formula is C12H18ClN3O2. The lowest BCUT2D eigenvalue weighted by Crippen LogP contribution is -2.32. The molecule has 2 atom stereocenters. The largest absolute Gasteiger partial charge is 0.377 e. The molecule has 18 heavy (non-hydrogen) atoms. The first-order chi connectivity index (χ1) is 8.63. The van der Waals surface area contributed by atoms with Gasteiger partial charge in [0.15, 0.2) is 0 Å². The SMILES string of the molecule is CCn1ncc(NC(C)C2CCCO2)c(Cl)c1=O. The van der Waals surface area contributed by atoms with Crippen molar-refractivity contribution in [2.75, 3.05) is 11.9 Å². The van der Waals surface area contributed by atoms with E-state index in [9.17, 15) is 4.79 Å². The zero-order chi connectivity index (χ0) is 13.1. The van der Waals surface area contributed by atoms with Gasteiger partial charge >= 0.3 is 0 Å². The topological polar surface area (TPSA) is 56.1 Å². The molecule has 0 bridgehead atoms. The van der Waals surface area contributed by atoms with Crippen LogP contribution in [0.15, 0.2) is 11.0 Å². The van der Waals surface area contributed by atoms with Crippen molar-refractivity contribution in [1.29, 1.82) is 0 Å². The van der Waals surface area contributed by atoms with Gasteiger partial charge < -0.3 is 10.1 Å². The van der Waals surface area contributed by atoms with Gasteiger partial charge in [0.25, 0.3) is 5.56 Å². The molecule has 2 unspecified atom stereocenters. The smallest absolute Gasteiger partial charge is 0.287 e. The normalized spacial score (nSPS) is 20.9. The van der Waals surface area contributed by atoms with Gasteiger partial charge in [-0.2, -0.15) is 5.10 Å². The molecule has 1 fully saturated rings. The lowest BCUT2D eigenvalue weighted by molar-refractivity contribution is 0.0996. The quantitative estimate of drug-likeness (QED) is 0.909. The van der Waals surface area contributed by atoms with Crippen molar-refractivity contribution < 1.29 is 4.74 Å². The summed E-state index contributed by atoms with van der Waals surface area (Å²) in [5.41, 5.74) is 0.318. The molecule has 0 aliphatic carbocycles. The number of hydrogen-bond donors (Lipinski definition) is 1. The van der Waals surface area contributed by atoms with Crippen LogP contribution < -0.4 is 10.9 Å². The van der Waals surface area contributed by atoms with E-state index in [-0.39, 0.29) is 22.7 Å². The Morgan fingerprint density at radius 3 is 3.11 bits per heavy atom. The summed E-state index contributed by atoms with van der Waals surface area (Å²) in [5, 5.41) is 7.46. The summed E-state index contributed by atoms with van der Waals surface area (Å²) in [4.78, 5) is 11.8. The molecule has 1 aliphatic rings. The third kappa shape index (κ3) is 2.67. The molecule has 2 rings (SSSR count). The van der Waals surface area contributed by atoms with E-state index >= 15 is 0 Å². The molecule has 1 aliphatic heterocycles. The van der Waals surface area contributed by atoms with Crippen molar-refractivity contribution in [3.8, 4) is 0 Å². The van der Waals surface area contributed by atoms with Crippen molar-refractivity contribution in [3.63, 3.8) is 0 Å². The van der Waals surface area contributed by atoms with Gasteiger partial charge in [0.05, 0.1) is 18.0 Å². The predicted molar refractivity (Wildman–Crippen MR) is 71.2 cm³/mol. The molecule has 5 nitrogen and oxygen atoms in total. The van der Waals surface area contributed by atoms with Crippen LogP contribution in [0.4, 0.5) is 5.69 Å². The third-order valence-corrected chi connectivity index (χ3v) is 3.56. The molecular weight excluding hydrogens is 254 g/mol. The highest BCUT2D eigenvalue weighted by Crippen LogP contribution is 2.21. The van der Waals surface area contributed by atoms with E-state index < -0.39 is 0 Å². The fourth-order valence-corrected chi connectivity index (χ4v) is 2.33. The maximum Gasteiger partial charge on any atom is 0.287 e. The van der Waals surface area contributed by atoms with E-state index in [1.807, 2.05) is 13.8 Å². The fraction of sp³-hybridized carbons (Fsp3) is 0.667. The van der Waals surface area contributed by atoms with Crippen LogP contribution >= 0.6 is 11.6 Å². The highest BCUT2D eigenvalue weighted by molar-refractivity contribution is 6.32. The summed E-state index contributed by atoms with van der Waals surface area (Å²) in [6.45, 7) is 5.20. The van der Waals surface area contributed by atoms with Gasteiger partial charge in [-0.3, -0.25) is 4.79 Å². The average Bonchev–Trinajstić information content (AvgIpc) is 2.89. The minimum absolute atomic E-state index is 0.115. The third-order valence-electron chi connectivity index (χ3n) is 3.19. The Kier molecular flexibility index (Phi) is 4.24. The van der Waals surface area contributed by atoms with Gasteiger partial charge in [0.1, 0.15) is 5.02 Å². The van der Waals surface area contributed by atoms with Crippen molar-refractivity contribution in [2.24, 2.45) is 0 Å². The first-order valence-corrected chi connectivity index (χ1v) is 6.65. The number of nitrogens with one attached hydrogen (secondary N) is 1. The van der Waals surface area contributed by atoms with Crippen LogP contribution in [0.2, 0.25) is 5.02 Å². The molecule has 1 aromatic rings. The summed E-state index contributed by atoms with van der Waals surface area (Å²) in [6, 6.07) is 0.115. The van der Waals surface area contributed by atoms with Crippen LogP contribution in [0.5, 0.6) is 0 Å². The van der Waals surface area contributed by atoms with Gasteiger partial charge in [-0.05, 0) is 26.7 Å². The average molecular weight is 272 g/mol. The number of anilines is 1.